The molecule has 0 atom stereocenters. The highest BCUT2D eigenvalue weighted by Crippen LogP contribution is 2.17. The summed E-state index contributed by atoms with van der Waals surface area (Å²) in [5.74, 6) is -1.36. The van der Waals surface area contributed by atoms with E-state index in [1.165, 1.54) is 0 Å². The lowest BCUT2D eigenvalue weighted by Crippen LogP contribution is -2.30. The lowest BCUT2D eigenvalue weighted by molar-refractivity contribution is 0.0660. The molecule has 0 unspecified atom stereocenters. The van der Waals surface area contributed by atoms with Crippen LogP contribution in [0.4, 0.5) is 5.95 Å². The molecule has 7 heteroatoms. The summed E-state index contributed by atoms with van der Waals surface area (Å²) in [7, 11) is 0. The minimum Gasteiger partial charge on any atom is -0.369 e. The van der Waals surface area contributed by atoms with Gasteiger partial charge in [-0.15, -0.1) is 0 Å². The summed E-state index contributed by atoms with van der Waals surface area (Å²) >= 11 is 0. The van der Waals surface area contributed by atoms with Gasteiger partial charge in [-0.1, -0.05) is 0 Å². The number of aromatic nitrogens is 2. The van der Waals surface area contributed by atoms with Crippen LogP contribution in [0.5, 0.6) is 0 Å². The maximum absolute atomic E-state index is 11.6. The number of aromatic amines is 1. The minimum atomic E-state index is -0.674. The van der Waals surface area contributed by atoms with E-state index < -0.39 is 17.4 Å². The van der Waals surface area contributed by atoms with Crippen LogP contribution < -0.4 is 11.3 Å². The first-order valence-electron chi connectivity index (χ1n) is 4.32. The highest BCUT2D eigenvalue weighted by Gasteiger charge is 2.38. The van der Waals surface area contributed by atoms with Gasteiger partial charge < -0.3 is 5.73 Å². The Labute approximate surface area is 83.9 Å². The summed E-state index contributed by atoms with van der Waals surface area (Å²) in [5, 5.41) is 0. The predicted molar refractivity (Wildman–Crippen MR) is 50.3 cm³/mol. The molecular weight excluding hydrogens is 200 g/mol. The van der Waals surface area contributed by atoms with Gasteiger partial charge in [0, 0.05) is 6.54 Å². The topological polar surface area (TPSA) is 109 Å². The number of nitrogens with zero attached hydrogens (tertiary/aromatic N) is 2. The van der Waals surface area contributed by atoms with Crippen LogP contribution in [-0.2, 0) is 0 Å². The fourth-order valence-electron chi connectivity index (χ4n) is 1.49. The van der Waals surface area contributed by atoms with Gasteiger partial charge in [0.2, 0.25) is 5.95 Å². The molecule has 0 aliphatic carbocycles. The SMILES string of the molecule is CCN1C(=O)c2nc(N)[nH]c(=O)c2C1=O. The van der Waals surface area contributed by atoms with Crippen LogP contribution in [0.2, 0.25) is 0 Å². The third kappa shape index (κ3) is 1.13. The van der Waals surface area contributed by atoms with Crippen LogP contribution in [0.1, 0.15) is 27.8 Å². The Morgan fingerprint density at radius 2 is 2.00 bits per heavy atom. The molecule has 0 saturated heterocycles. The molecule has 1 aromatic rings. The molecule has 15 heavy (non-hydrogen) atoms. The van der Waals surface area contributed by atoms with E-state index >= 15 is 0 Å². The Hall–Kier alpha value is -2.18. The van der Waals surface area contributed by atoms with Gasteiger partial charge in [-0.2, -0.15) is 0 Å². The zero-order valence-corrected chi connectivity index (χ0v) is 7.90. The highest BCUT2D eigenvalue weighted by atomic mass is 16.2. The van der Waals surface area contributed by atoms with E-state index in [-0.39, 0.29) is 23.8 Å². The van der Waals surface area contributed by atoms with Crippen LogP contribution in [0.25, 0.3) is 0 Å². The van der Waals surface area contributed by atoms with Crippen LogP contribution >= 0.6 is 0 Å². The number of rotatable bonds is 1. The Balaban J connectivity index is 2.73. The first kappa shape index (κ1) is 9.38. The molecule has 78 valence electrons. The fraction of sp³-hybridized carbons (Fsp3) is 0.250. The van der Waals surface area contributed by atoms with Crippen molar-refractivity contribution in [3.63, 3.8) is 0 Å². The molecule has 2 heterocycles. The van der Waals surface area contributed by atoms with Crippen molar-refractivity contribution < 1.29 is 9.59 Å². The normalized spacial score (nSPS) is 14.6. The number of imide groups is 1. The molecule has 3 N–H and O–H groups in total. The lowest BCUT2D eigenvalue weighted by Gasteiger charge is -2.07. The van der Waals surface area contributed by atoms with Gasteiger partial charge in [0.15, 0.2) is 5.69 Å². The molecule has 0 fully saturated rings. The molecular formula is C8H8N4O3. The smallest absolute Gasteiger partial charge is 0.280 e. The molecule has 0 bridgehead atoms. The number of H-pyrrole nitrogens is 1. The van der Waals surface area contributed by atoms with Gasteiger partial charge in [-0.3, -0.25) is 24.3 Å². The maximum Gasteiger partial charge on any atom is 0.280 e. The van der Waals surface area contributed by atoms with E-state index in [2.05, 4.69) is 9.97 Å². The van der Waals surface area contributed by atoms with Crippen molar-refractivity contribution in [1.82, 2.24) is 14.9 Å². The van der Waals surface area contributed by atoms with Crippen LogP contribution in [0.3, 0.4) is 0 Å². The number of carbonyl (C=O) groups excluding carboxylic acids is 2. The molecule has 0 radical (unpaired) electrons. The lowest BCUT2D eigenvalue weighted by atomic mass is 10.2. The molecule has 1 aliphatic heterocycles. The van der Waals surface area contributed by atoms with Crippen molar-refractivity contribution in [2.45, 2.75) is 6.92 Å². The Kier molecular flexibility index (Phi) is 1.82. The summed E-state index contributed by atoms with van der Waals surface area (Å²) in [6.07, 6.45) is 0. The van der Waals surface area contributed by atoms with E-state index in [0.717, 1.165) is 4.90 Å². The van der Waals surface area contributed by atoms with Gasteiger partial charge >= 0.3 is 0 Å². The number of nitrogens with one attached hydrogen (secondary N) is 1. The summed E-state index contributed by atoms with van der Waals surface area (Å²) in [4.78, 5) is 41.3. The Morgan fingerprint density at radius 1 is 1.33 bits per heavy atom. The van der Waals surface area contributed by atoms with E-state index in [4.69, 9.17) is 5.73 Å². The Bertz CT molecular complexity index is 519. The van der Waals surface area contributed by atoms with Crippen LogP contribution in [-0.4, -0.2) is 33.2 Å². The van der Waals surface area contributed by atoms with Crippen molar-refractivity contribution >= 4 is 17.8 Å². The number of fused-ring (bicyclic) bond motifs is 1. The average Bonchev–Trinajstić information content (AvgIpc) is 2.39. The summed E-state index contributed by atoms with van der Waals surface area (Å²) in [5.41, 5.74) is 4.21. The standard InChI is InChI=1S/C8H8N4O3/c1-2-12-6(14)3-4(7(12)15)10-8(9)11-5(3)13/h2H2,1H3,(H3,9,10,11,13). The second kappa shape index (κ2) is 2.91. The summed E-state index contributed by atoms with van der Waals surface area (Å²) in [6.45, 7) is 1.84. The molecule has 1 aromatic heterocycles. The van der Waals surface area contributed by atoms with Crippen molar-refractivity contribution in [2.75, 3.05) is 12.3 Å². The molecule has 7 nitrogen and oxygen atoms in total. The van der Waals surface area contributed by atoms with E-state index in [9.17, 15) is 14.4 Å². The van der Waals surface area contributed by atoms with Gasteiger partial charge in [-0.05, 0) is 6.92 Å². The molecule has 0 aromatic carbocycles. The first-order chi connectivity index (χ1) is 7.06. The average molecular weight is 208 g/mol. The second-order valence-electron chi connectivity index (χ2n) is 3.03. The maximum atomic E-state index is 11.6. The number of carbonyl (C=O) groups is 2. The van der Waals surface area contributed by atoms with E-state index in [0.29, 0.717) is 0 Å². The quantitative estimate of drug-likeness (QED) is 0.573. The van der Waals surface area contributed by atoms with Gasteiger partial charge in [-0.25, -0.2) is 4.98 Å². The number of hydrogen-bond acceptors (Lipinski definition) is 5. The van der Waals surface area contributed by atoms with Crippen LogP contribution in [0.15, 0.2) is 4.79 Å². The van der Waals surface area contributed by atoms with E-state index in [1.54, 1.807) is 6.92 Å². The number of nitrogens with two attached hydrogens (primary N) is 1. The minimum absolute atomic E-state index is 0.164. The van der Waals surface area contributed by atoms with Crippen molar-refractivity contribution in [1.29, 1.82) is 0 Å². The van der Waals surface area contributed by atoms with Crippen molar-refractivity contribution in [3.05, 3.63) is 21.6 Å². The monoisotopic (exact) mass is 208 g/mol. The number of nitrogen functional groups attached to an aromatic ring is 1. The number of anilines is 1. The fourth-order valence-corrected chi connectivity index (χ4v) is 1.49. The second-order valence-corrected chi connectivity index (χ2v) is 3.03. The molecule has 0 spiro atoms. The number of amides is 2. The zero-order valence-electron chi connectivity index (χ0n) is 7.90. The number of hydrogen-bond donors (Lipinski definition) is 2. The van der Waals surface area contributed by atoms with Crippen molar-refractivity contribution in [2.24, 2.45) is 0 Å². The summed E-state index contributed by atoms with van der Waals surface area (Å²) in [6, 6.07) is 0. The van der Waals surface area contributed by atoms with Gasteiger partial charge in [0.1, 0.15) is 5.56 Å². The first-order valence-corrected chi connectivity index (χ1v) is 4.32. The van der Waals surface area contributed by atoms with E-state index in [1.807, 2.05) is 0 Å². The molecule has 1 aliphatic rings. The zero-order chi connectivity index (χ0) is 11.2. The van der Waals surface area contributed by atoms with Crippen LogP contribution in [0, 0.1) is 0 Å². The largest absolute Gasteiger partial charge is 0.369 e. The summed E-state index contributed by atoms with van der Waals surface area (Å²) < 4.78 is 0. The Morgan fingerprint density at radius 3 is 2.60 bits per heavy atom. The van der Waals surface area contributed by atoms with Gasteiger partial charge in [0.05, 0.1) is 0 Å². The third-order valence-corrected chi connectivity index (χ3v) is 2.16. The van der Waals surface area contributed by atoms with Crippen molar-refractivity contribution in [3.8, 4) is 0 Å². The van der Waals surface area contributed by atoms with Gasteiger partial charge in [0.25, 0.3) is 17.4 Å². The predicted octanol–water partition coefficient (Wildman–Crippen LogP) is -1.03. The molecule has 2 rings (SSSR count). The molecule has 0 saturated carbocycles. The highest BCUT2D eigenvalue weighted by molar-refractivity contribution is 6.20. The molecule has 2 amide bonds. The third-order valence-electron chi connectivity index (χ3n) is 2.16.